The van der Waals surface area contributed by atoms with Crippen molar-refractivity contribution in [2.45, 2.75) is 13.0 Å². The van der Waals surface area contributed by atoms with Gasteiger partial charge >= 0.3 is 6.01 Å². The topological polar surface area (TPSA) is 83.2 Å². The fraction of sp³-hybridized carbons (Fsp3) is 0.333. The Morgan fingerprint density at radius 3 is 2.72 bits per heavy atom. The van der Waals surface area contributed by atoms with Gasteiger partial charge in [-0.25, -0.2) is 0 Å². The van der Waals surface area contributed by atoms with Crippen LogP contribution in [0, 0.1) is 0 Å². The van der Waals surface area contributed by atoms with E-state index in [4.69, 9.17) is 9.52 Å². The summed E-state index contributed by atoms with van der Waals surface area (Å²) in [7, 11) is 1.82. The van der Waals surface area contributed by atoms with Gasteiger partial charge in [0.15, 0.2) is 0 Å². The zero-order valence-electron chi connectivity index (χ0n) is 10.2. The Morgan fingerprint density at radius 1 is 1.22 bits per heavy atom. The number of nitrogens with zero attached hydrogens (tertiary/aromatic N) is 2. The highest BCUT2D eigenvalue weighted by Gasteiger charge is 2.03. The smallest absolute Gasteiger partial charge is 0.315 e. The highest BCUT2D eigenvalue weighted by atomic mass is 16.4. The third-order valence-electron chi connectivity index (χ3n) is 2.42. The van der Waals surface area contributed by atoms with Gasteiger partial charge in [0.2, 0.25) is 5.89 Å². The van der Waals surface area contributed by atoms with E-state index in [9.17, 15) is 0 Å². The monoisotopic (exact) mass is 248 g/mol. The molecule has 3 N–H and O–H groups in total. The quantitative estimate of drug-likeness (QED) is 0.711. The minimum absolute atomic E-state index is 0.278. The number of rotatable bonds is 6. The molecule has 0 radical (unpaired) electrons. The van der Waals surface area contributed by atoms with Crippen LogP contribution in [0.2, 0.25) is 0 Å². The average molecular weight is 248 g/mol. The zero-order chi connectivity index (χ0) is 12.8. The number of phenolic OH excluding ortho intramolecular Hbond substituents is 1. The number of hydrogen-bond acceptors (Lipinski definition) is 6. The van der Waals surface area contributed by atoms with Gasteiger partial charge in [0.25, 0.3) is 0 Å². The van der Waals surface area contributed by atoms with Crippen LogP contribution >= 0.6 is 0 Å². The molecule has 1 aromatic heterocycles. The SMILES string of the molecule is CNCc1nnc(NCCc2ccc(O)cc2)o1. The summed E-state index contributed by atoms with van der Waals surface area (Å²) >= 11 is 0. The molecule has 1 aromatic carbocycles. The van der Waals surface area contributed by atoms with Crippen LogP contribution in [-0.4, -0.2) is 28.9 Å². The van der Waals surface area contributed by atoms with Crippen LogP contribution in [0.5, 0.6) is 5.75 Å². The van der Waals surface area contributed by atoms with Crippen molar-refractivity contribution in [1.29, 1.82) is 0 Å². The second-order valence-electron chi connectivity index (χ2n) is 3.87. The first-order valence-electron chi connectivity index (χ1n) is 5.76. The first-order chi connectivity index (χ1) is 8.78. The maximum Gasteiger partial charge on any atom is 0.315 e. The summed E-state index contributed by atoms with van der Waals surface area (Å²) < 4.78 is 5.35. The van der Waals surface area contributed by atoms with Crippen molar-refractivity contribution in [3.05, 3.63) is 35.7 Å². The lowest BCUT2D eigenvalue weighted by molar-refractivity contribution is 0.475. The molecule has 0 saturated carbocycles. The van der Waals surface area contributed by atoms with E-state index in [-0.39, 0.29) is 5.75 Å². The molecule has 0 atom stereocenters. The van der Waals surface area contributed by atoms with Crippen molar-refractivity contribution in [1.82, 2.24) is 15.5 Å². The van der Waals surface area contributed by atoms with E-state index < -0.39 is 0 Å². The maximum absolute atomic E-state index is 9.16. The number of aromatic hydroxyl groups is 1. The lowest BCUT2D eigenvalue weighted by Crippen LogP contribution is -2.05. The number of benzene rings is 1. The Morgan fingerprint density at radius 2 is 2.00 bits per heavy atom. The van der Waals surface area contributed by atoms with Crippen LogP contribution < -0.4 is 10.6 Å². The van der Waals surface area contributed by atoms with Crippen molar-refractivity contribution >= 4 is 6.01 Å². The van der Waals surface area contributed by atoms with Crippen molar-refractivity contribution in [2.24, 2.45) is 0 Å². The molecule has 2 aromatic rings. The van der Waals surface area contributed by atoms with Crippen LogP contribution in [0.25, 0.3) is 0 Å². The minimum atomic E-state index is 0.278. The fourth-order valence-electron chi connectivity index (χ4n) is 1.52. The molecule has 0 saturated heterocycles. The van der Waals surface area contributed by atoms with Crippen LogP contribution in [0.4, 0.5) is 6.01 Å². The standard InChI is InChI=1S/C12H16N4O2/c1-13-8-11-15-16-12(18-11)14-7-6-9-2-4-10(17)5-3-9/h2-5,13,17H,6-8H2,1H3,(H,14,16). The van der Waals surface area contributed by atoms with Gasteiger partial charge in [-0.15, -0.1) is 5.10 Å². The van der Waals surface area contributed by atoms with Gasteiger partial charge in [0.1, 0.15) is 5.75 Å². The summed E-state index contributed by atoms with van der Waals surface area (Å²) in [5.41, 5.74) is 1.13. The predicted molar refractivity (Wildman–Crippen MR) is 67.4 cm³/mol. The van der Waals surface area contributed by atoms with E-state index in [1.807, 2.05) is 19.2 Å². The second kappa shape index (κ2) is 6.02. The first kappa shape index (κ1) is 12.4. The number of anilines is 1. The zero-order valence-corrected chi connectivity index (χ0v) is 10.2. The highest BCUT2D eigenvalue weighted by Crippen LogP contribution is 2.10. The van der Waals surface area contributed by atoms with Gasteiger partial charge in [-0.2, -0.15) is 0 Å². The largest absolute Gasteiger partial charge is 0.508 e. The summed E-state index contributed by atoms with van der Waals surface area (Å²) in [6.07, 6.45) is 0.823. The van der Waals surface area contributed by atoms with Crippen molar-refractivity contribution < 1.29 is 9.52 Å². The van der Waals surface area contributed by atoms with E-state index in [0.717, 1.165) is 12.0 Å². The molecule has 0 spiro atoms. The number of phenols is 1. The van der Waals surface area contributed by atoms with Gasteiger partial charge in [-0.3, -0.25) is 0 Å². The number of nitrogens with one attached hydrogen (secondary N) is 2. The van der Waals surface area contributed by atoms with Gasteiger partial charge < -0.3 is 20.2 Å². The second-order valence-corrected chi connectivity index (χ2v) is 3.87. The fourth-order valence-corrected chi connectivity index (χ4v) is 1.52. The molecule has 0 aliphatic rings. The normalized spacial score (nSPS) is 10.5. The lowest BCUT2D eigenvalue weighted by atomic mass is 10.1. The summed E-state index contributed by atoms with van der Waals surface area (Å²) in [6.45, 7) is 1.26. The number of hydrogen-bond donors (Lipinski definition) is 3. The van der Waals surface area contributed by atoms with Crippen molar-refractivity contribution in [3.8, 4) is 5.75 Å². The molecule has 0 bridgehead atoms. The van der Waals surface area contributed by atoms with Gasteiger partial charge in [0, 0.05) is 6.54 Å². The molecule has 0 aliphatic heterocycles. The Balaban J connectivity index is 1.79. The van der Waals surface area contributed by atoms with Crippen LogP contribution in [0.3, 0.4) is 0 Å². The van der Waals surface area contributed by atoms with Gasteiger partial charge in [-0.1, -0.05) is 17.2 Å². The Hall–Kier alpha value is -2.08. The van der Waals surface area contributed by atoms with Crippen molar-refractivity contribution in [3.63, 3.8) is 0 Å². The molecule has 2 rings (SSSR count). The third kappa shape index (κ3) is 3.46. The molecule has 6 nitrogen and oxygen atoms in total. The van der Waals surface area contributed by atoms with Crippen LogP contribution in [0.15, 0.2) is 28.7 Å². The van der Waals surface area contributed by atoms with E-state index in [1.165, 1.54) is 0 Å². The van der Waals surface area contributed by atoms with E-state index in [0.29, 0.717) is 25.0 Å². The Labute approximate surface area is 105 Å². The minimum Gasteiger partial charge on any atom is -0.508 e. The molecular weight excluding hydrogens is 232 g/mol. The summed E-state index contributed by atoms with van der Waals surface area (Å²) in [5, 5.41) is 22.9. The summed E-state index contributed by atoms with van der Waals surface area (Å²) in [5.74, 6) is 0.838. The predicted octanol–water partition coefficient (Wildman–Crippen LogP) is 1.15. The highest BCUT2D eigenvalue weighted by molar-refractivity contribution is 5.27. The van der Waals surface area contributed by atoms with Crippen LogP contribution in [-0.2, 0) is 13.0 Å². The molecule has 96 valence electrons. The number of aromatic nitrogens is 2. The molecule has 0 aliphatic carbocycles. The van der Waals surface area contributed by atoms with Gasteiger partial charge in [0.05, 0.1) is 6.54 Å². The third-order valence-corrected chi connectivity index (χ3v) is 2.42. The van der Waals surface area contributed by atoms with E-state index in [1.54, 1.807) is 12.1 Å². The maximum atomic E-state index is 9.16. The molecule has 0 fully saturated rings. The molecule has 0 amide bonds. The Kier molecular flexibility index (Phi) is 4.14. The molecule has 18 heavy (non-hydrogen) atoms. The average Bonchev–Trinajstić information content (AvgIpc) is 2.80. The van der Waals surface area contributed by atoms with Crippen LogP contribution in [0.1, 0.15) is 11.5 Å². The van der Waals surface area contributed by atoms with Gasteiger partial charge in [-0.05, 0) is 31.2 Å². The molecule has 0 unspecified atom stereocenters. The van der Waals surface area contributed by atoms with E-state index >= 15 is 0 Å². The summed E-state index contributed by atoms with van der Waals surface area (Å²) in [6, 6.07) is 7.55. The van der Waals surface area contributed by atoms with Crippen molar-refractivity contribution in [2.75, 3.05) is 18.9 Å². The first-order valence-corrected chi connectivity index (χ1v) is 5.76. The molecule has 6 heteroatoms. The molecular formula is C12H16N4O2. The lowest BCUT2D eigenvalue weighted by Gasteiger charge is -2.02. The molecule has 1 heterocycles. The van der Waals surface area contributed by atoms with E-state index in [2.05, 4.69) is 20.8 Å². The summed E-state index contributed by atoms with van der Waals surface area (Å²) in [4.78, 5) is 0. The Bertz CT molecular complexity index is 481.